The molecule has 0 aliphatic carbocycles. The van der Waals surface area contributed by atoms with Crippen molar-refractivity contribution in [1.29, 1.82) is 0 Å². The maximum atomic E-state index is 11.7. The van der Waals surface area contributed by atoms with Crippen molar-refractivity contribution in [3.05, 3.63) is 35.4 Å². The summed E-state index contributed by atoms with van der Waals surface area (Å²) in [4.78, 5) is 11.7. The van der Waals surface area contributed by atoms with Crippen LogP contribution in [-0.2, 0) is 16.4 Å². The summed E-state index contributed by atoms with van der Waals surface area (Å²) in [5.41, 5.74) is 7.00. The first-order valence-electron chi connectivity index (χ1n) is 5.97. The van der Waals surface area contributed by atoms with Gasteiger partial charge in [0.2, 0.25) is 10.0 Å². The molecule has 6 nitrogen and oxygen atoms in total. The van der Waals surface area contributed by atoms with Gasteiger partial charge in [-0.2, -0.15) is 0 Å². The molecule has 1 amide bonds. The van der Waals surface area contributed by atoms with Crippen molar-refractivity contribution in [2.45, 2.75) is 6.42 Å². The number of rotatable bonds is 7. The molecule has 0 fully saturated rings. The summed E-state index contributed by atoms with van der Waals surface area (Å²) in [6.07, 6.45) is 0.766. The molecule has 0 unspecified atom stereocenters. The number of sulfonamides is 1. The van der Waals surface area contributed by atoms with Crippen LogP contribution < -0.4 is 15.8 Å². The van der Waals surface area contributed by atoms with Crippen molar-refractivity contribution in [1.82, 2.24) is 10.0 Å². The van der Waals surface area contributed by atoms with Crippen LogP contribution in [-0.4, -0.2) is 40.2 Å². The lowest BCUT2D eigenvalue weighted by Crippen LogP contribution is -2.32. The Balaban J connectivity index is 2.50. The highest BCUT2D eigenvalue weighted by Gasteiger charge is 2.09. The summed E-state index contributed by atoms with van der Waals surface area (Å²) >= 11 is 0. The van der Waals surface area contributed by atoms with Gasteiger partial charge in [-0.25, -0.2) is 13.1 Å². The maximum Gasteiger partial charge on any atom is 0.251 e. The van der Waals surface area contributed by atoms with E-state index in [1.807, 2.05) is 12.1 Å². The second-order valence-electron chi connectivity index (χ2n) is 4.01. The topological polar surface area (TPSA) is 101 Å². The fourth-order valence-corrected chi connectivity index (χ4v) is 2.07. The molecule has 0 radical (unpaired) electrons. The lowest BCUT2D eigenvalue weighted by atomic mass is 10.1. The number of nitrogens with one attached hydrogen (secondary N) is 2. The zero-order valence-corrected chi connectivity index (χ0v) is 11.7. The van der Waals surface area contributed by atoms with E-state index in [0.29, 0.717) is 12.1 Å². The van der Waals surface area contributed by atoms with E-state index < -0.39 is 10.0 Å². The van der Waals surface area contributed by atoms with Gasteiger partial charge in [0.05, 0.1) is 5.75 Å². The fourth-order valence-electron chi connectivity index (χ4n) is 1.49. The zero-order chi connectivity index (χ0) is 14.3. The molecule has 0 saturated carbocycles. The second kappa shape index (κ2) is 7.22. The van der Waals surface area contributed by atoms with Crippen molar-refractivity contribution in [2.24, 2.45) is 5.73 Å². The van der Waals surface area contributed by atoms with Crippen LogP contribution in [0.15, 0.2) is 24.3 Å². The number of carbonyl (C=O) groups is 1. The molecule has 0 heterocycles. The molecule has 1 rings (SSSR count). The van der Waals surface area contributed by atoms with Crippen molar-refractivity contribution < 1.29 is 13.2 Å². The van der Waals surface area contributed by atoms with Crippen molar-refractivity contribution in [3.63, 3.8) is 0 Å². The van der Waals surface area contributed by atoms with E-state index in [0.717, 1.165) is 12.0 Å². The third kappa shape index (κ3) is 5.37. The first-order valence-corrected chi connectivity index (χ1v) is 7.62. The Kier molecular flexibility index (Phi) is 5.94. The third-order valence-electron chi connectivity index (χ3n) is 2.62. The predicted octanol–water partition coefficient (Wildman–Crippen LogP) is -0.533. The van der Waals surface area contributed by atoms with Crippen LogP contribution in [0.2, 0.25) is 0 Å². The molecule has 106 valence electrons. The Labute approximate surface area is 113 Å². The molecular formula is C12H19N3O3S. The van der Waals surface area contributed by atoms with Crippen molar-refractivity contribution in [2.75, 3.05) is 25.9 Å². The van der Waals surface area contributed by atoms with Crippen LogP contribution in [0, 0.1) is 0 Å². The quantitative estimate of drug-likeness (QED) is 0.626. The van der Waals surface area contributed by atoms with Gasteiger partial charge in [0.1, 0.15) is 0 Å². The molecule has 7 heteroatoms. The van der Waals surface area contributed by atoms with Crippen molar-refractivity contribution in [3.8, 4) is 0 Å². The van der Waals surface area contributed by atoms with Gasteiger partial charge < -0.3 is 11.1 Å². The SMILES string of the molecule is CNS(=O)(=O)CCNC(=O)c1ccc(CCN)cc1. The number of carbonyl (C=O) groups excluding carboxylic acids is 1. The lowest BCUT2D eigenvalue weighted by Gasteiger charge is -2.06. The van der Waals surface area contributed by atoms with Gasteiger partial charge >= 0.3 is 0 Å². The minimum absolute atomic E-state index is 0.0760. The molecule has 0 bridgehead atoms. The summed E-state index contributed by atoms with van der Waals surface area (Å²) in [7, 11) is -1.95. The maximum absolute atomic E-state index is 11.7. The van der Waals surface area contributed by atoms with E-state index in [2.05, 4.69) is 10.0 Å². The highest BCUT2D eigenvalue weighted by atomic mass is 32.2. The number of hydrogen-bond acceptors (Lipinski definition) is 4. The summed E-state index contributed by atoms with van der Waals surface area (Å²) in [6.45, 7) is 0.639. The fraction of sp³-hybridized carbons (Fsp3) is 0.417. The zero-order valence-electron chi connectivity index (χ0n) is 10.8. The number of benzene rings is 1. The molecule has 19 heavy (non-hydrogen) atoms. The van der Waals surface area contributed by atoms with Crippen LogP contribution in [0.3, 0.4) is 0 Å². The van der Waals surface area contributed by atoms with E-state index in [4.69, 9.17) is 5.73 Å². The standard InChI is InChI=1S/C12H19N3O3S/c1-14-19(17,18)9-8-15-12(16)11-4-2-10(3-5-11)6-7-13/h2-5,14H,6-9,13H2,1H3,(H,15,16). The van der Waals surface area contributed by atoms with Crippen LogP contribution in [0.5, 0.6) is 0 Å². The van der Waals surface area contributed by atoms with E-state index in [1.54, 1.807) is 12.1 Å². The van der Waals surface area contributed by atoms with Crippen LogP contribution in [0.4, 0.5) is 0 Å². The Hall–Kier alpha value is -1.44. The van der Waals surface area contributed by atoms with Gasteiger partial charge in [0.25, 0.3) is 5.91 Å². The van der Waals surface area contributed by atoms with E-state index >= 15 is 0 Å². The molecule has 0 aliphatic rings. The molecular weight excluding hydrogens is 266 g/mol. The van der Waals surface area contributed by atoms with Gasteiger partial charge in [0, 0.05) is 12.1 Å². The van der Waals surface area contributed by atoms with Crippen molar-refractivity contribution >= 4 is 15.9 Å². The summed E-state index contributed by atoms with van der Waals surface area (Å²) < 4.78 is 24.5. The first kappa shape index (κ1) is 15.6. The Morgan fingerprint density at radius 3 is 2.42 bits per heavy atom. The summed E-state index contributed by atoms with van der Waals surface area (Å²) in [6, 6.07) is 7.08. The molecule has 4 N–H and O–H groups in total. The minimum atomic E-state index is -3.29. The second-order valence-corrected chi connectivity index (χ2v) is 6.06. The molecule has 0 aliphatic heterocycles. The lowest BCUT2D eigenvalue weighted by molar-refractivity contribution is 0.0956. The van der Waals surface area contributed by atoms with Gasteiger partial charge in [-0.05, 0) is 37.7 Å². The average Bonchev–Trinajstić information content (AvgIpc) is 2.39. The van der Waals surface area contributed by atoms with E-state index in [1.165, 1.54) is 7.05 Å². The molecule has 1 aromatic rings. The van der Waals surface area contributed by atoms with Crippen LogP contribution >= 0.6 is 0 Å². The molecule has 0 spiro atoms. The normalized spacial score (nSPS) is 11.3. The monoisotopic (exact) mass is 285 g/mol. The molecule has 0 saturated heterocycles. The Morgan fingerprint density at radius 2 is 1.89 bits per heavy atom. The minimum Gasteiger partial charge on any atom is -0.351 e. The Bertz CT molecular complexity index is 512. The highest BCUT2D eigenvalue weighted by molar-refractivity contribution is 7.89. The number of nitrogens with two attached hydrogens (primary N) is 1. The van der Waals surface area contributed by atoms with Gasteiger partial charge in [-0.1, -0.05) is 12.1 Å². The largest absolute Gasteiger partial charge is 0.351 e. The molecule has 1 aromatic carbocycles. The van der Waals surface area contributed by atoms with Gasteiger partial charge in [0.15, 0.2) is 0 Å². The van der Waals surface area contributed by atoms with Gasteiger partial charge in [-0.15, -0.1) is 0 Å². The molecule has 0 aromatic heterocycles. The predicted molar refractivity (Wildman–Crippen MR) is 74.4 cm³/mol. The average molecular weight is 285 g/mol. The smallest absolute Gasteiger partial charge is 0.251 e. The van der Waals surface area contributed by atoms with Crippen LogP contribution in [0.1, 0.15) is 15.9 Å². The summed E-state index contributed by atoms with van der Waals surface area (Å²) in [5.74, 6) is -0.425. The first-order chi connectivity index (χ1) is 8.98. The van der Waals surface area contributed by atoms with Crippen LogP contribution in [0.25, 0.3) is 0 Å². The van der Waals surface area contributed by atoms with Gasteiger partial charge in [-0.3, -0.25) is 4.79 Å². The number of hydrogen-bond donors (Lipinski definition) is 3. The molecule has 0 atom stereocenters. The highest BCUT2D eigenvalue weighted by Crippen LogP contribution is 2.04. The van der Waals surface area contributed by atoms with E-state index in [-0.39, 0.29) is 18.2 Å². The number of amides is 1. The summed E-state index contributed by atoms with van der Waals surface area (Å²) in [5, 5.41) is 2.56. The Morgan fingerprint density at radius 1 is 1.26 bits per heavy atom. The van der Waals surface area contributed by atoms with E-state index in [9.17, 15) is 13.2 Å². The third-order valence-corrected chi connectivity index (χ3v) is 3.98.